The van der Waals surface area contributed by atoms with Crippen LogP contribution in [0.2, 0.25) is 0 Å². The summed E-state index contributed by atoms with van der Waals surface area (Å²) in [7, 11) is 3.92. The van der Waals surface area contributed by atoms with Gasteiger partial charge in [0.2, 0.25) is 0 Å². The number of carboxylic acid groups (broad SMARTS) is 1. The van der Waals surface area contributed by atoms with Gasteiger partial charge in [0.05, 0.1) is 0 Å². The number of urea groups is 1. The van der Waals surface area contributed by atoms with Crippen molar-refractivity contribution in [2.24, 2.45) is 11.8 Å². The predicted molar refractivity (Wildman–Crippen MR) is 77.6 cm³/mol. The second-order valence-electron chi connectivity index (χ2n) is 6.28. The lowest BCUT2D eigenvalue weighted by Crippen LogP contribution is -2.51. The lowest BCUT2D eigenvalue weighted by atomic mass is 10.0. The largest absolute Gasteiger partial charge is 0.480 e. The molecule has 0 aromatic carbocycles. The molecule has 0 saturated heterocycles. The Kier molecular flexibility index (Phi) is 6.26. The molecular weight excluding hydrogens is 258 g/mol. The van der Waals surface area contributed by atoms with Crippen molar-refractivity contribution in [3.8, 4) is 0 Å². The minimum absolute atomic E-state index is 0.0213. The number of nitrogens with zero attached hydrogens (tertiary/aromatic N) is 2. The molecule has 1 aliphatic carbocycles. The van der Waals surface area contributed by atoms with Gasteiger partial charge < -0.3 is 20.2 Å². The maximum atomic E-state index is 12.3. The Labute approximate surface area is 121 Å². The van der Waals surface area contributed by atoms with Gasteiger partial charge in [0.25, 0.3) is 0 Å². The molecule has 1 saturated carbocycles. The zero-order valence-corrected chi connectivity index (χ0v) is 12.9. The van der Waals surface area contributed by atoms with E-state index in [0.29, 0.717) is 18.4 Å². The van der Waals surface area contributed by atoms with E-state index in [2.05, 4.69) is 19.2 Å². The first-order chi connectivity index (χ1) is 9.29. The van der Waals surface area contributed by atoms with E-state index in [9.17, 15) is 9.59 Å². The summed E-state index contributed by atoms with van der Waals surface area (Å²) in [6.07, 6.45) is 2.18. The van der Waals surface area contributed by atoms with E-state index in [-0.39, 0.29) is 18.6 Å². The summed E-state index contributed by atoms with van der Waals surface area (Å²) < 4.78 is 0. The van der Waals surface area contributed by atoms with E-state index < -0.39 is 5.97 Å². The van der Waals surface area contributed by atoms with Gasteiger partial charge in [0.15, 0.2) is 0 Å². The Morgan fingerprint density at radius 2 is 1.90 bits per heavy atom. The third kappa shape index (κ3) is 6.23. The molecule has 2 amide bonds. The van der Waals surface area contributed by atoms with Crippen molar-refractivity contribution < 1.29 is 14.7 Å². The van der Waals surface area contributed by atoms with Crippen LogP contribution in [0.4, 0.5) is 4.79 Å². The van der Waals surface area contributed by atoms with Crippen LogP contribution in [-0.4, -0.2) is 66.7 Å². The molecule has 1 unspecified atom stereocenters. The van der Waals surface area contributed by atoms with Crippen molar-refractivity contribution in [2.75, 3.05) is 33.7 Å². The van der Waals surface area contributed by atoms with Gasteiger partial charge in [-0.2, -0.15) is 0 Å². The van der Waals surface area contributed by atoms with Gasteiger partial charge in [-0.3, -0.25) is 4.79 Å². The van der Waals surface area contributed by atoms with E-state index in [0.717, 1.165) is 19.4 Å². The van der Waals surface area contributed by atoms with Crippen LogP contribution in [0.5, 0.6) is 0 Å². The van der Waals surface area contributed by atoms with Crippen LogP contribution in [0.15, 0.2) is 0 Å². The van der Waals surface area contributed by atoms with Crippen molar-refractivity contribution in [3.05, 3.63) is 0 Å². The zero-order chi connectivity index (χ0) is 15.3. The van der Waals surface area contributed by atoms with E-state index in [1.807, 2.05) is 19.0 Å². The molecule has 1 fully saturated rings. The number of rotatable bonds is 8. The minimum Gasteiger partial charge on any atom is -0.480 e. The second kappa shape index (κ2) is 7.47. The van der Waals surface area contributed by atoms with Gasteiger partial charge in [-0.1, -0.05) is 13.8 Å². The summed E-state index contributed by atoms with van der Waals surface area (Å²) in [5.74, 6) is -0.185. The molecule has 116 valence electrons. The fourth-order valence-corrected chi connectivity index (χ4v) is 2.06. The highest BCUT2D eigenvalue weighted by molar-refractivity contribution is 5.80. The smallest absolute Gasteiger partial charge is 0.323 e. The lowest BCUT2D eigenvalue weighted by molar-refractivity contribution is -0.137. The molecule has 1 rings (SSSR count). The number of amides is 2. The maximum Gasteiger partial charge on any atom is 0.323 e. The average molecular weight is 285 g/mol. The number of carboxylic acids is 1. The highest BCUT2D eigenvalue weighted by Gasteiger charge is 2.29. The number of hydrogen-bond acceptors (Lipinski definition) is 3. The molecule has 6 nitrogen and oxygen atoms in total. The summed E-state index contributed by atoms with van der Waals surface area (Å²) in [4.78, 5) is 26.6. The highest BCUT2D eigenvalue weighted by Crippen LogP contribution is 2.29. The number of carbonyl (C=O) groups is 2. The molecule has 0 heterocycles. The lowest BCUT2D eigenvalue weighted by Gasteiger charge is -2.29. The normalized spacial score (nSPS) is 16.3. The van der Waals surface area contributed by atoms with Crippen molar-refractivity contribution in [1.29, 1.82) is 0 Å². The number of likely N-dealkylation sites (N-methyl/N-ethyl adjacent to an activating group) is 1. The zero-order valence-electron chi connectivity index (χ0n) is 12.9. The fraction of sp³-hybridized carbons (Fsp3) is 0.857. The van der Waals surface area contributed by atoms with Crippen molar-refractivity contribution in [3.63, 3.8) is 0 Å². The van der Waals surface area contributed by atoms with Gasteiger partial charge >= 0.3 is 12.0 Å². The van der Waals surface area contributed by atoms with Crippen LogP contribution in [0.1, 0.15) is 26.7 Å². The van der Waals surface area contributed by atoms with Crippen LogP contribution in [0.25, 0.3) is 0 Å². The number of carbonyl (C=O) groups excluding carboxylic acids is 1. The molecular formula is C14H27N3O3. The molecule has 0 spiro atoms. The quantitative estimate of drug-likeness (QED) is 0.700. The van der Waals surface area contributed by atoms with E-state index in [1.165, 1.54) is 4.90 Å². The molecule has 20 heavy (non-hydrogen) atoms. The number of nitrogens with one attached hydrogen (secondary N) is 1. The summed E-state index contributed by atoms with van der Waals surface area (Å²) in [6.45, 7) is 5.17. The Morgan fingerprint density at radius 1 is 1.30 bits per heavy atom. The average Bonchev–Trinajstić information content (AvgIpc) is 3.09. The van der Waals surface area contributed by atoms with E-state index in [4.69, 9.17) is 5.11 Å². The summed E-state index contributed by atoms with van der Waals surface area (Å²) in [5, 5.41) is 11.9. The van der Waals surface area contributed by atoms with Crippen LogP contribution in [0, 0.1) is 11.8 Å². The van der Waals surface area contributed by atoms with Crippen molar-refractivity contribution in [1.82, 2.24) is 15.1 Å². The van der Waals surface area contributed by atoms with Crippen molar-refractivity contribution >= 4 is 12.0 Å². The van der Waals surface area contributed by atoms with E-state index in [1.54, 1.807) is 0 Å². The Morgan fingerprint density at radius 3 is 2.30 bits per heavy atom. The predicted octanol–water partition coefficient (Wildman–Crippen LogP) is 1.08. The molecule has 0 radical (unpaired) electrons. The standard InChI is InChI=1S/C14H27N3O3/c1-10(2)12(8-16(3)4)15-14(20)17(9-13(18)19)7-11-5-6-11/h10-12H,5-9H2,1-4H3,(H,15,20)(H,18,19). The molecule has 6 heteroatoms. The SMILES string of the molecule is CC(C)C(CN(C)C)NC(=O)N(CC(=O)O)CC1CC1. The van der Waals surface area contributed by atoms with Gasteiger partial charge in [-0.15, -0.1) is 0 Å². The number of aliphatic carboxylic acids is 1. The van der Waals surface area contributed by atoms with Crippen LogP contribution >= 0.6 is 0 Å². The summed E-state index contributed by atoms with van der Waals surface area (Å²) >= 11 is 0. The summed E-state index contributed by atoms with van der Waals surface area (Å²) in [5.41, 5.74) is 0. The second-order valence-corrected chi connectivity index (χ2v) is 6.28. The molecule has 0 aromatic heterocycles. The topological polar surface area (TPSA) is 72.9 Å². The third-order valence-electron chi connectivity index (χ3n) is 3.46. The third-order valence-corrected chi connectivity index (χ3v) is 3.46. The molecule has 0 bridgehead atoms. The van der Waals surface area contributed by atoms with Crippen LogP contribution in [-0.2, 0) is 4.79 Å². The van der Waals surface area contributed by atoms with Crippen LogP contribution in [0.3, 0.4) is 0 Å². The molecule has 0 aliphatic heterocycles. The first-order valence-electron chi connectivity index (χ1n) is 7.21. The summed E-state index contributed by atoms with van der Waals surface area (Å²) in [6, 6.07) is -0.243. The first-order valence-corrected chi connectivity index (χ1v) is 7.21. The fourth-order valence-electron chi connectivity index (χ4n) is 2.06. The van der Waals surface area contributed by atoms with Gasteiger partial charge in [-0.05, 0) is 38.8 Å². The van der Waals surface area contributed by atoms with Crippen LogP contribution < -0.4 is 5.32 Å². The van der Waals surface area contributed by atoms with Gasteiger partial charge in [-0.25, -0.2) is 4.79 Å². The first kappa shape index (κ1) is 16.8. The van der Waals surface area contributed by atoms with Crippen molar-refractivity contribution in [2.45, 2.75) is 32.7 Å². The van der Waals surface area contributed by atoms with Gasteiger partial charge in [0.1, 0.15) is 6.54 Å². The highest BCUT2D eigenvalue weighted by atomic mass is 16.4. The Balaban J connectivity index is 2.59. The number of hydrogen-bond donors (Lipinski definition) is 2. The van der Waals surface area contributed by atoms with E-state index >= 15 is 0 Å². The Bertz CT molecular complexity index is 341. The minimum atomic E-state index is -0.963. The Hall–Kier alpha value is -1.30. The molecule has 1 atom stereocenters. The van der Waals surface area contributed by atoms with Gasteiger partial charge in [0, 0.05) is 19.1 Å². The molecule has 0 aromatic rings. The monoisotopic (exact) mass is 285 g/mol. The molecule has 1 aliphatic rings. The maximum absolute atomic E-state index is 12.3. The molecule has 2 N–H and O–H groups in total.